The van der Waals surface area contributed by atoms with Crippen LogP contribution in [0.3, 0.4) is 0 Å². The Kier molecular flexibility index (Phi) is 3.58. The molecule has 102 valence electrons. The molecule has 2 aliphatic heterocycles. The van der Waals surface area contributed by atoms with Gasteiger partial charge in [-0.05, 0) is 25.2 Å². The lowest BCUT2D eigenvalue weighted by Crippen LogP contribution is -2.60. The van der Waals surface area contributed by atoms with Gasteiger partial charge >= 0.3 is 0 Å². The van der Waals surface area contributed by atoms with Crippen LogP contribution < -0.4 is 0 Å². The molecule has 1 fully saturated rings. The Morgan fingerprint density at radius 1 is 1.16 bits per heavy atom. The summed E-state index contributed by atoms with van der Waals surface area (Å²) in [7, 11) is 2.23. The second-order valence-electron chi connectivity index (χ2n) is 5.46. The first-order valence-corrected chi connectivity index (χ1v) is 7.24. The molecule has 2 heterocycles. The quantitative estimate of drug-likeness (QED) is 0.801. The first kappa shape index (κ1) is 12.7. The minimum Gasteiger partial charge on any atom is -0.353 e. The third kappa shape index (κ3) is 2.40. The zero-order valence-corrected chi connectivity index (χ0v) is 11.9. The standard InChI is InChI=1S/C16H23N3/c1-3-18-11-12-19-15(14-7-5-4-6-8-14)9-10-17(2)16(19)13-18/h4-9,16H,3,10-13H2,1-2H3. The Labute approximate surface area is 116 Å². The summed E-state index contributed by atoms with van der Waals surface area (Å²) in [5.74, 6) is 0. The van der Waals surface area contributed by atoms with Crippen molar-refractivity contribution in [2.75, 3.05) is 39.8 Å². The van der Waals surface area contributed by atoms with Crippen molar-refractivity contribution in [3.63, 3.8) is 0 Å². The molecule has 1 saturated heterocycles. The number of nitrogens with zero attached hydrogens (tertiary/aromatic N) is 3. The summed E-state index contributed by atoms with van der Waals surface area (Å²) < 4.78 is 0. The van der Waals surface area contributed by atoms with Gasteiger partial charge in [-0.15, -0.1) is 0 Å². The van der Waals surface area contributed by atoms with Crippen molar-refractivity contribution in [1.29, 1.82) is 0 Å². The Hall–Kier alpha value is -1.32. The predicted octanol–water partition coefficient (Wildman–Crippen LogP) is 1.94. The third-order valence-corrected chi connectivity index (χ3v) is 4.35. The molecule has 0 N–H and O–H groups in total. The Morgan fingerprint density at radius 3 is 2.68 bits per heavy atom. The summed E-state index contributed by atoms with van der Waals surface area (Å²) in [5, 5.41) is 0. The van der Waals surface area contributed by atoms with Gasteiger partial charge in [0, 0.05) is 31.9 Å². The monoisotopic (exact) mass is 257 g/mol. The molecule has 0 saturated carbocycles. The molecule has 2 aliphatic rings. The summed E-state index contributed by atoms with van der Waals surface area (Å²) in [6.45, 7) is 7.91. The number of fused-ring (bicyclic) bond motifs is 1. The molecule has 1 aromatic rings. The Morgan fingerprint density at radius 2 is 1.95 bits per heavy atom. The average molecular weight is 257 g/mol. The van der Waals surface area contributed by atoms with Gasteiger partial charge in [-0.25, -0.2) is 0 Å². The molecule has 19 heavy (non-hydrogen) atoms. The molecular weight excluding hydrogens is 234 g/mol. The smallest absolute Gasteiger partial charge is 0.0950 e. The van der Waals surface area contributed by atoms with Crippen molar-refractivity contribution in [2.45, 2.75) is 13.1 Å². The summed E-state index contributed by atoms with van der Waals surface area (Å²) in [6.07, 6.45) is 2.89. The topological polar surface area (TPSA) is 9.72 Å². The SMILES string of the molecule is CCN1CCN2C(c3ccccc3)=CCN(C)C2C1. The van der Waals surface area contributed by atoms with Crippen LogP contribution in [-0.4, -0.2) is 60.6 Å². The second kappa shape index (κ2) is 5.35. The fourth-order valence-corrected chi connectivity index (χ4v) is 3.13. The largest absolute Gasteiger partial charge is 0.353 e. The number of likely N-dealkylation sites (N-methyl/N-ethyl adjacent to an activating group) is 2. The molecule has 1 aromatic carbocycles. The molecule has 1 unspecified atom stereocenters. The zero-order valence-electron chi connectivity index (χ0n) is 11.9. The highest BCUT2D eigenvalue weighted by atomic mass is 15.4. The lowest BCUT2D eigenvalue weighted by Gasteiger charge is -2.49. The summed E-state index contributed by atoms with van der Waals surface area (Å²) >= 11 is 0. The zero-order chi connectivity index (χ0) is 13.2. The van der Waals surface area contributed by atoms with Crippen LogP contribution in [0.25, 0.3) is 5.70 Å². The molecule has 0 bridgehead atoms. The predicted molar refractivity (Wildman–Crippen MR) is 79.7 cm³/mol. The molecule has 0 aromatic heterocycles. The van der Waals surface area contributed by atoms with Crippen LogP contribution in [0.1, 0.15) is 12.5 Å². The van der Waals surface area contributed by atoms with Crippen molar-refractivity contribution < 1.29 is 0 Å². The molecule has 0 spiro atoms. The van der Waals surface area contributed by atoms with Crippen molar-refractivity contribution in [2.24, 2.45) is 0 Å². The van der Waals surface area contributed by atoms with E-state index >= 15 is 0 Å². The van der Waals surface area contributed by atoms with Crippen LogP contribution in [0.15, 0.2) is 36.4 Å². The van der Waals surface area contributed by atoms with Gasteiger partial charge in [-0.3, -0.25) is 9.80 Å². The molecule has 3 rings (SSSR count). The highest BCUT2D eigenvalue weighted by molar-refractivity contribution is 5.65. The van der Waals surface area contributed by atoms with E-state index in [0.29, 0.717) is 6.17 Å². The van der Waals surface area contributed by atoms with Gasteiger partial charge in [0.05, 0.1) is 6.17 Å². The highest BCUT2D eigenvalue weighted by Gasteiger charge is 2.33. The van der Waals surface area contributed by atoms with Crippen LogP contribution in [0, 0.1) is 0 Å². The highest BCUT2D eigenvalue weighted by Crippen LogP contribution is 2.28. The second-order valence-corrected chi connectivity index (χ2v) is 5.46. The van der Waals surface area contributed by atoms with E-state index in [0.717, 1.165) is 26.2 Å². The minimum absolute atomic E-state index is 0.522. The van der Waals surface area contributed by atoms with Crippen LogP contribution >= 0.6 is 0 Å². The van der Waals surface area contributed by atoms with Gasteiger partial charge in [0.2, 0.25) is 0 Å². The molecular formula is C16H23N3. The van der Waals surface area contributed by atoms with Gasteiger partial charge in [0.1, 0.15) is 0 Å². The van der Waals surface area contributed by atoms with Crippen molar-refractivity contribution in [3.05, 3.63) is 42.0 Å². The Balaban J connectivity index is 1.87. The first-order valence-electron chi connectivity index (χ1n) is 7.24. The van der Waals surface area contributed by atoms with Crippen LogP contribution in [-0.2, 0) is 0 Å². The molecule has 3 nitrogen and oxygen atoms in total. The van der Waals surface area contributed by atoms with Crippen LogP contribution in [0.2, 0.25) is 0 Å². The normalized spacial score (nSPS) is 25.1. The fourth-order valence-electron chi connectivity index (χ4n) is 3.13. The first-order chi connectivity index (χ1) is 9.29. The lowest BCUT2D eigenvalue weighted by atomic mass is 10.1. The number of piperazine rings is 1. The van der Waals surface area contributed by atoms with E-state index in [9.17, 15) is 0 Å². The van der Waals surface area contributed by atoms with Crippen molar-refractivity contribution in [3.8, 4) is 0 Å². The summed E-state index contributed by atoms with van der Waals surface area (Å²) in [4.78, 5) is 7.57. The maximum Gasteiger partial charge on any atom is 0.0950 e. The molecule has 1 atom stereocenters. The van der Waals surface area contributed by atoms with Gasteiger partial charge in [0.25, 0.3) is 0 Å². The average Bonchev–Trinajstić information content (AvgIpc) is 2.48. The maximum atomic E-state index is 2.57. The van der Waals surface area contributed by atoms with Gasteiger partial charge in [-0.2, -0.15) is 0 Å². The molecule has 0 radical (unpaired) electrons. The Bertz CT molecular complexity index is 454. The van der Waals surface area contributed by atoms with Crippen LogP contribution in [0.4, 0.5) is 0 Å². The number of hydrogen-bond donors (Lipinski definition) is 0. The maximum absolute atomic E-state index is 2.57. The third-order valence-electron chi connectivity index (χ3n) is 4.35. The molecule has 0 amide bonds. The molecule has 3 heteroatoms. The van der Waals surface area contributed by atoms with E-state index in [1.54, 1.807) is 0 Å². The minimum atomic E-state index is 0.522. The van der Waals surface area contributed by atoms with Crippen LogP contribution in [0.5, 0.6) is 0 Å². The van der Waals surface area contributed by atoms with Crippen molar-refractivity contribution in [1.82, 2.24) is 14.7 Å². The summed E-state index contributed by atoms with van der Waals surface area (Å²) in [6, 6.07) is 10.8. The number of benzene rings is 1. The van der Waals surface area contributed by atoms with E-state index in [2.05, 4.69) is 65.1 Å². The summed E-state index contributed by atoms with van der Waals surface area (Å²) in [5.41, 5.74) is 2.77. The fraction of sp³-hybridized carbons (Fsp3) is 0.500. The number of hydrogen-bond acceptors (Lipinski definition) is 3. The van der Waals surface area contributed by atoms with Gasteiger partial charge in [-0.1, -0.05) is 37.3 Å². The van der Waals surface area contributed by atoms with E-state index in [1.165, 1.54) is 17.8 Å². The van der Waals surface area contributed by atoms with E-state index in [4.69, 9.17) is 0 Å². The van der Waals surface area contributed by atoms with Gasteiger partial charge < -0.3 is 4.90 Å². The van der Waals surface area contributed by atoms with E-state index in [1.807, 2.05) is 0 Å². The number of rotatable bonds is 2. The molecule has 0 aliphatic carbocycles. The van der Waals surface area contributed by atoms with E-state index < -0.39 is 0 Å². The lowest BCUT2D eigenvalue weighted by molar-refractivity contribution is 0.0261. The van der Waals surface area contributed by atoms with Crippen molar-refractivity contribution >= 4 is 5.70 Å². The van der Waals surface area contributed by atoms with Gasteiger partial charge in [0.15, 0.2) is 0 Å². The van der Waals surface area contributed by atoms with E-state index in [-0.39, 0.29) is 0 Å².